The van der Waals surface area contributed by atoms with E-state index in [0.717, 1.165) is 0 Å². The minimum absolute atomic E-state index is 0.00921. The van der Waals surface area contributed by atoms with Gasteiger partial charge in [-0.15, -0.1) is 0 Å². The van der Waals surface area contributed by atoms with Crippen LogP contribution in [-0.4, -0.2) is 34.3 Å². The monoisotopic (exact) mass is 274 g/mol. The normalized spacial score (nSPS) is 10.2. The van der Waals surface area contributed by atoms with Crippen LogP contribution in [0.5, 0.6) is 17.2 Å². The van der Waals surface area contributed by atoms with Crippen LogP contribution in [0.15, 0.2) is 42.5 Å². The van der Waals surface area contributed by atoms with E-state index < -0.39 is 17.3 Å². The summed E-state index contributed by atoms with van der Waals surface area (Å²) in [6.45, 7) is -0.232. The number of ketones is 1. The quantitative estimate of drug-likeness (QED) is 0.570. The van der Waals surface area contributed by atoms with Gasteiger partial charge in [0.05, 0.1) is 12.2 Å². The summed E-state index contributed by atoms with van der Waals surface area (Å²) in [4.78, 5) is 12.2. The van der Waals surface area contributed by atoms with Crippen molar-refractivity contribution in [3.05, 3.63) is 53.6 Å². The fourth-order valence-electron chi connectivity index (χ4n) is 1.76. The zero-order valence-corrected chi connectivity index (χ0v) is 10.6. The molecule has 5 nitrogen and oxygen atoms in total. The first kappa shape index (κ1) is 13.9. The topological polar surface area (TPSA) is 87.0 Å². The van der Waals surface area contributed by atoms with Crippen molar-refractivity contribution in [3.8, 4) is 17.2 Å². The Morgan fingerprint density at radius 3 is 2.35 bits per heavy atom. The van der Waals surface area contributed by atoms with E-state index >= 15 is 0 Å². The molecule has 0 bridgehead atoms. The second-order valence-electron chi connectivity index (χ2n) is 4.08. The third-order valence-electron chi connectivity index (χ3n) is 2.74. The molecule has 0 saturated carbocycles. The summed E-state index contributed by atoms with van der Waals surface area (Å²) in [6, 6.07) is 11.2. The number of hydrogen-bond donors (Lipinski definition) is 3. The lowest BCUT2D eigenvalue weighted by molar-refractivity contribution is 0.103. The Morgan fingerprint density at radius 2 is 1.70 bits per heavy atom. The molecule has 0 radical (unpaired) electrons. The predicted molar refractivity (Wildman–Crippen MR) is 72.2 cm³/mol. The van der Waals surface area contributed by atoms with Crippen LogP contribution in [0.25, 0.3) is 0 Å². The first-order chi connectivity index (χ1) is 9.65. The number of rotatable bonds is 5. The van der Waals surface area contributed by atoms with Gasteiger partial charge in [-0.1, -0.05) is 30.3 Å². The molecule has 0 heterocycles. The van der Waals surface area contributed by atoms with Gasteiger partial charge >= 0.3 is 0 Å². The highest BCUT2D eigenvalue weighted by molar-refractivity contribution is 6.11. The lowest BCUT2D eigenvalue weighted by Gasteiger charge is -2.10. The van der Waals surface area contributed by atoms with E-state index in [1.165, 1.54) is 12.1 Å². The third kappa shape index (κ3) is 2.73. The van der Waals surface area contributed by atoms with E-state index in [1.54, 1.807) is 30.3 Å². The first-order valence-corrected chi connectivity index (χ1v) is 6.03. The molecule has 2 aromatic carbocycles. The Morgan fingerprint density at radius 1 is 1.00 bits per heavy atom. The molecule has 104 valence electrons. The van der Waals surface area contributed by atoms with Crippen molar-refractivity contribution in [2.45, 2.75) is 0 Å². The summed E-state index contributed by atoms with van der Waals surface area (Å²) in [5.74, 6) is -1.43. The number of ether oxygens (including phenoxy) is 1. The van der Waals surface area contributed by atoms with Crippen LogP contribution in [-0.2, 0) is 0 Å². The highest BCUT2D eigenvalue weighted by atomic mass is 16.5. The fraction of sp³-hybridized carbons (Fsp3) is 0.133. The smallest absolute Gasteiger partial charge is 0.201 e. The summed E-state index contributed by atoms with van der Waals surface area (Å²) >= 11 is 0. The lowest BCUT2D eigenvalue weighted by atomic mass is 10.0. The van der Waals surface area contributed by atoms with Crippen molar-refractivity contribution in [2.75, 3.05) is 13.2 Å². The van der Waals surface area contributed by atoms with Crippen molar-refractivity contribution < 1.29 is 24.9 Å². The largest absolute Gasteiger partial charge is 0.504 e. The summed E-state index contributed by atoms with van der Waals surface area (Å²) in [5, 5.41) is 28.3. The number of phenols is 2. The predicted octanol–water partition coefficient (Wildman–Crippen LogP) is 1.70. The average molecular weight is 274 g/mol. The van der Waals surface area contributed by atoms with Crippen LogP contribution >= 0.6 is 0 Å². The lowest BCUT2D eigenvalue weighted by Crippen LogP contribution is -2.04. The maximum Gasteiger partial charge on any atom is 0.201 e. The van der Waals surface area contributed by atoms with Crippen LogP contribution in [0.2, 0.25) is 0 Å². The molecule has 2 aromatic rings. The SMILES string of the molecule is O=C(c1ccccc1)c1ccc(OCCO)c(O)c1O. The van der Waals surface area contributed by atoms with Gasteiger partial charge in [0.2, 0.25) is 5.75 Å². The van der Waals surface area contributed by atoms with Crippen LogP contribution in [0.3, 0.4) is 0 Å². The van der Waals surface area contributed by atoms with Crippen molar-refractivity contribution in [2.24, 2.45) is 0 Å². The molecule has 0 saturated heterocycles. The van der Waals surface area contributed by atoms with Crippen LogP contribution in [0.4, 0.5) is 0 Å². The molecule has 3 N–H and O–H groups in total. The number of carbonyl (C=O) groups is 1. The molecule has 0 fully saturated rings. The minimum atomic E-state index is -0.533. The van der Waals surface area contributed by atoms with Crippen LogP contribution in [0, 0.1) is 0 Å². The Hall–Kier alpha value is -2.53. The Kier molecular flexibility index (Phi) is 4.22. The third-order valence-corrected chi connectivity index (χ3v) is 2.74. The first-order valence-electron chi connectivity index (χ1n) is 6.03. The van der Waals surface area contributed by atoms with Crippen molar-refractivity contribution in [1.29, 1.82) is 0 Å². The molecule has 0 aromatic heterocycles. The molecule has 0 atom stereocenters. The van der Waals surface area contributed by atoms with E-state index in [9.17, 15) is 15.0 Å². The van der Waals surface area contributed by atoms with E-state index in [0.29, 0.717) is 5.56 Å². The van der Waals surface area contributed by atoms with E-state index in [2.05, 4.69) is 0 Å². The standard InChI is InChI=1S/C15H14O5/c16-8-9-20-12-7-6-11(14(18)15(12)19)13(17)10-4-2-1-3-5-10/h1-7,16,18-19H,8-9H2. The van der Waals surface area contributed by atoms with Gasteiger partial charge in [0, 0.05) is 5.56 Å². The van der Waals surface area contributed by atoms with Gasteiger partial charge in [0.25, 0.3) is 0 Å². The molecule has 0 spiro atoms. The second kappa shape index (κ2) is 6.08. The maximum atomic E-state index is 12.2. The van der Waals surface area contributed by atoms with Crippen molar-refractivity contribution >= 4 is 5.78 Å². The summed E-state index contributed by atoms with van der Waals surface area (Å²) in [6.07, 6.45) is 0. The number of aliphatic hydroxyl groups is 1. The number of carbonyl (C=O) groups excluding carboxylic acids is 1. The molecule has 2 rings (SSSR count). The summed E-state index contributed by atoms with van der Waals surface area (Å²) in [7, 11) is 0. The van der Waals surface area contributed by atoms with Gasteiger partial charge in [0.15, 0.2) is 17.3 Å². The molecule has 0 unspecified atom stereocenters. The fourth-order valence-corrected chi connectivity index (χ4v) is 1.76. The second-order valence-corrected chi connectivity index (χ2v) is 4.08. The highest BCUT2D eigenvalue weighted by Crippen LogP contribution is 2.38. The number of benzene rings is 2. The zero-order valence-electron chi connectivity index (χ0n) is 10.6. The van der Waals surface area contributed by atoms with Gasteiger partial charge in [-0.3, -0.25) is 4.79 Å². The molecule has 0 aliphatic heterocycles. The van der Waals surface area contributed by atoms with E-state index in [-0.39, 0.29) is 24.5 Å². The Labute approximate surface area is 115 Å². The van der Waals surface area contributed by atoms with Gasteiger partial charge in [-0.05, 0) is 12.1 Å². The van der Waals surface area contributed by atoms with Gasteiger partial charge in [-0.25, -0.2) is 0 Å². The van der Waals surface area contributed by atoms with Gasteiger partial charge in [-0.2, -0.15) is 0 Å². The number of aliphatic hydroxyl groups excluding tert-OH is 1. The molecule has 20 heavy (non-hydrogen) atoms. The highest BCUT2D eigenvalue weighted by Gasteiger charge is 2.19. The van der Waals surface area contributed by atoms with Crippen LogP contribution in [0.1, 0.15) is 15.9 Å². The number of hydrogen-bond acceptors (Lipinski definition) is 5. The summed E-state index contributed by atoms with van der Waals surface area (Å²) in [5.41, 5.74) is 0.399. The Balaban J connectivity index is 2.34. The number of aromatic hydroxyl groups is 2. The molecule has 0 aliphatic rings. The zero-order chi connectivity index (χ0) is 14.5. The Bertz CT molecular complexity index is 607. The molecular weight excluding hydrogens is 260 g/mol. The van der Waals surface area contributed by atoms with E-state index in [4.69, 9.17) is 9.84 Å². The molecule has 5 heteroatoms. The number of phenolic OH excluding ortho intramolecular Hbond substituents is 2. The molecule has 0 aliphatic carbocycles. The summed E-state index contributed by atoms with van der Waals surface area (Å²) < 4.78 is 5.04. The molecular formula is C15H14O5. The molecule has 0 amide bonds. The average Bonchev–Trinajstić information content (AvgIpc) is 2.49. The van der Waals surface area contributed by atoms with Crippen molar-refractivity contribution in [3.63, 3.8) is 0 Å². The van der Waals surface area contributed by atoms with Crippen LogP contribution < -0.4 is 4.74 Å². The van der Waals surface area contributed by atoms with Gasteiger partial charge in [0.1, 0.15) is 6.61 Å². The minimum Gasteiger partial charge on any atom is -0.504 e. The van der Waals surface area contributed by atoms with E-state index in [1.807, 2.05) is 0 Å². The maximum absolute atomic E-state index is 12.2. The van der Waals surface area contributed by atoms with Crippen molar-refractivity contribution in [1.82, 2.24) is 0 Å². The van der Waals surface area contributed by atoms with Gasteiger partial charge < -0.3 is 20.1 Å².